The normalized spacial score (nSPS) is 9.64. The van der Waals surface area contributed by atoms with Gasteiger partial charge in [0.1, 0.15) is 5.75 Å². The molecule has 10 heteroatoms. The zero-order valence-electron chi connectivity index (χ0n) is 13.4. The number of nitro benzene ring substituents is 1. The van der Waals surface area contributed by atoms with E-state index < -0.39 is 16.9 Å². The lowest BCUT2D eigenvalue weighted by molar-refractivity contribution is -0.385. The number of aryl methyl sites for hydroxylation is 2. The van der Waals surface area contributed by atoms with Crippen LogP contribution in [0.3, 0.4) is 0 Å². The average molecular weight is 351 g/mol. The molecule has 0 aliphatic heterocycles. The van der Waals surface area contributed by atoms with Crippen LogP contribution in [0.4, 0.5) is 5.69 Å². The van der Waals surface area contributed by atoms with E-state index in [1.807, 2.05) is 10.8 Å². The Balaban J connectivity index is 0.000000450. The minimum atomic E-state index is -1.82. The molecule has 0 unspecified atom stereocenters. The summed E-state index contributed by atoms with van der Waals surface area (Å²) in [4.78, 5) is 32.4. The Labute approximate surface area is 142 Å². The minimum absolute atomic E-state index is 0.116. The highest BCUT2D eigenvalue weighted by molar-refractivity contribution is 6.27. The average Bonchev–Trinajstić information content (AvgIpc) is 3.05. The van der Waals surface area contributed by atoms with Crippen LogP contribution in [0.2, 0.25) is 0 Å². The maximum absolute atomic E-state index is 10.7. The molecular weight excluding hydrogens is 334 g/mol. The first-order chi connectivity index (χ1) is 11.8. The molecule has 10 nitrogen and oxygen atoms in total. The van der Waals surface area contributed by atoms with E-state index in [1.54, 1.807) is 31.6 Å². The molecule has 0 spiro atoms. The van der Waals surface area contributed by atoms with Gasteiger partial charge in [-0.05, 0) is 25.5 Å². The number of imidazole rings is 1. The van der Waals surface area contributed by atoms with Crippen molar-refractivity contribution in [2.24, 2.45) is 0 Å². The molecule has 2 aromatic rings. The van der Waals surface area contributed by atoms with Crippen LogP contribution in [-0.4, -0.2) is 43.2 Å². The SMILES string of the molecule is Cc1cc(OCCCn2ccnc2)ccc1[N+](=O)[O-].O=C(O)C(=O)O. The maximum Gasteiger partial charge on any atom is 0.414 e. The second kappa shape index (κ2) is 9.65. The van der Waals surface area contributed by atoms with Gasteiger partial charge < -0.3 is 19.5 Å². The monoisotopic (exact) mass is 351 g/mol. The summed E-state index contributed by atoms with van der Waals surface area (Å²) in [7, 11) is 0. The third kappa shape index (κ3) is 7.12. The zero-order chi connectivity index (χ0) is 18.8. The fourth-order valence-electron chi connectivity index (χ4n) is 1.78. The highest BCUT2D eigenvalue weighted by Crippen LogP contribution is 2.23. The van der Waals surface area contributed by atoms with E-state index in [-0.39, 0.29) is 5.69 Å². The van der Waals surface area contributed by atoms with E-state index in [9.17, 15) is 10.1 Å². The number of nitrogens with zero attached hydrogens (tertiary/aromatic N) is 3. The summed E-state index contributed by atoms with van der Waals surface area (Å²) in [6.07, 6.45) is 6.25. The zero-order valence-corrected chi connectivity index (χ0v) is 13.4. The van der Waals surface area contributed by atoms with Gasteiger partial charge in [-0.2, -0.15) is 0 Å². The lowest BCUT2D eigenvalue weighted by atomic mass is 10.2. The van der Waals surface area contributed by atoms with Gasteiger partial charge >= 0.3 is 11.9 Å². The van der Waals surface area contributed by atoms with Crippen LogP contribution in [0.5, 0.6) is 5.75 Å². The number of aromatic nitrogens is 2. The molecule has 25 heavy (non-hydrogen) atoms. The molecule has 0 aliphatic rings. The number of benzene rings is 1. The highest BCUT2D eigenvalue weighted by Gasteiger charge is 2.10. The predicted molar refractivity (Wildman–Crippen MR) is 85.4 cm³/mol. The largest absolute Gasteiger partial charge is 0.494 e. The van der Waals surface area contributed by atoms with Gasteiger partial charge in [0.15, 0.2) is 0 Å². The summed E-state index contributed by atoms with van der Waals surface area (Å²) < 4.78 is 7.54. The van der Waals surface area contributed by atoms with Crippen molar-refractivity contribution in [1.82, 2.24) is 9.55 Å². The van der Waals surface area contributed by atoms with E-state index in [2.05, 4.69) is 4.98 Å². The topological polar surface area (TPSA) is 145 Å². The molecule has 0 fully saturated rings. The number of aliphatic carboxylic acids is 2. The van der Waals surface area contributed by atoms with Crippen LogP contribution in [0.15, 0.2) is 36.9 Å². The Bertz CT molecular complexity index is 717. The summed E-state index contributed by atoms with van der Waals surface area (Å²) in [5.41, 5.74) is 0.725. The third-order valence-corrected chi connectivity index (χ3v) is 2.94. The van der Waals surface area contributed by atoms with E-state index in [0.29, 0.717) is 17.9 Å². The number of hydrogen-bond donors (Lipinski definition) is 2. The molecular formula is C15H17N3O7. The molecule has 1 heterocycles. The Morgan fingerprint density at radius 1 is 1.32 bits per heavy atom. The maximum atomic E-state index is 10.7. The number of hydrogen-bond acceptors (Lipinski definition) is 6. The molecule has 0 radical (unpaired) electrons. The quantitative estimate of drug-likeness (QED) is 0.346. The van der Waals surface area contributed by atoms with Crippen molar-refractivity contribution in [2.75, 3.05) is 6.61 Å². The molecule has 134 valence electrons. The number of carboxylic acid groups (broad SMARTS) is 2. The van der Waals surface area contributed by atoms with Gasteiger partial charge in [0.2, 0.25) is 0 Å². The lowest BCUT2D eigenvalue weighted by Gasteiger charge is -2.07. The number of carboxylic acids is 2. The Hall–Kier alpha value is -3.43. The number of ether oxygens (including phenoxy) is 1. The van der Waals surface area contributed by atoms with Crippen LogP contribution in [-0.2, 0) is 16.1 Å². The fraction of sp³-hybridized carbons (Fsp3) is 0.267. The van der Waals surface area contributed by atoms with Gasteiger partial charge in [0, 0.05) is 30.6 Å². The van der Waals surface area contributed by atoms with Crippen LogP contribution < -0.4 is 4.74 Å². The van der Waals surface area contributed by atoms with Crippen LogP contribution in [0.1, 0.15) is 12.0 Å². The summed E-state index contributed by atoms with van der Waals surface area (Å²) in [5, 5.41) is 25.5. The van der Waals surface area contributed by atoms with Gasteiger partial charge in [-0.15, -0.1) is 0 Å². The van der Waals surface area contributed by atoms with Gasteiger partial charge in [-0.25, -0.2) is 14.6 Å². The summed E-state index contributed by atoms with van der Waals surface area (Å²) in [6.45, 7) is 3.11. The van der Waals surface area contributed by atoms with E-state index in [0.717, 1.165) is 13.0 Å². The van der Waals surface area contributed by atoms with E-state index >= 15 is 0 Å². The molecule has 0 saturated heterocycles. The molecule has 0 bridgehead atoms. The summed E-state index contributed by atoms with van der Waals surface area (Å²) >= 11 is 0. The van der Waals surface area contributed by atoms with Crippen molar-refractivity contribution < 1.29 is 29.5 Å². The Morgan fingerprint density at radius 2 is 2.00 bits per heavy atom. The molecule has 0 aliphatic carbocycles. The van der Waals surface area contributed by atoms with E-state index in [1.165, 1.54) is 6.07 Å². The second-order valence-electron chi connectivity index (χ2n) is 4.82. The molecule has 0 atom stereocenters. The van der Waals surface area contributed by atoms with Crippen LogP contribution in [0.25, 0.3) is 0 Å². The predicted octanol–water partition coefficient (Wildman–Crippen LogP) is 1.72. The molecule has 2 rings (SSSR count). The van der Waals surface area contributed by atoms with Crippen molar-refractivity contribution >= 4 is 17.6 Å². The highest BCUT2D eigenvalue weighted by atomic mass is 16.6. The number of nitro groups is 1. The molecule has 0 saturated carbocycles. The lowest BCUT2D eigenvalue weighted by Crippen LogP contribution is -2.09. The first-order valence-corrected chi connectivity index (χ1v) is 7.11. The summed E-state index contributed by atoms with van der Waals surface area (Å²) in [6, 6.07) is 4.79. The minimum Gasteiger partial charge on any atom is -0.494 e. The first kappa shape index (κ1) is 19.6. The van der Waals surface area contributed by atoms with Crippen molar-refractivity contribution in [1.29, 1.82) is 0 Å². The van der Waals surface area contributed by atoms with Crippen molar-refractivity contribution in [3.05, 3.63) is 52.6 Å². The number of rotatable bonds is 6. The van der Waals surface area contributed by atoms with Crippen LogP contribution in [0, 0.1) is 17.0 Å². The van der Waals surface area contributed by atoms with Crippen molar-refractivity contribution in [3.8, 4) is 5.75 Å². The van der Waals surface area contributed by atoms with Gasteiger partial charge in [-0.1, -0.05) is 0 Å². The van der Waals surface area contributed by atoms with Gasteiger partial charge in [0.05, 0.1) is 17.9 Å². The Kier molecular flexibility index (Phi) is 7.57. The third-order valence-electron chi connectivity index (χ3n) is 2.94. The molecule has 1 aromatic carbocycles. The number of carbonyl (C=O) groups is 2. The molecule has 1 aromatic heterocycles. The first-order valence-electron chi connectivity index (χ1n) is 7.11. The van der Waals surface area contributed by atoms with Crippen molar-refractivity contribution in [2.45, 2.75) is 19.9 Å². The van der Waals surface area contributed by atoms with Crippen LogP contribution >= 0.6 is 0 Å². The smallest absolute Gasteiger partial charge is 0.414 e. The second-order valence-corrected chi connectivity index (χ2v) is 4.82. The standard InChI is InChI=1S/C13H15N3O3.C2H2O4/c1-11-9-12(3-4-13(11)16(17)18)19-8-2-6-15-7-5-14-10-15;3-1(4)2(5)6/h3-5,7,9-10H,2,6,8H2,1H3;(H,3,4)(H,5,6). The Morgan fingerprint density at radius 3 is 2.48 bits per heavy atom. The fourth-order valence-corrected chi connectivity index (χ4v) is 1.78. The van der Waals surface area contributed by atoms with Gasteiger partial charge in [0.25, 0.3) is 5.69 Å². The van der Waals surface area contributed by atoms with E-state index in [4.69, 9.17) is 24.5 Å². The summed E-state index contributed by atoms with van der Waals surface area (Å²) in [5.74, 6) is -2.99. The molecule has 2 N–H and O–H groups in total. The van der Waals surface area contributed by atoms with Gasteiger partial charge in [-0.3, -0.25) is 10.1 Å². The molecule has 0 amide bonds. The van der Waals surface area contributed by atoms with Crippen molar-refractivity contribution in [3.63, 3.8) is 0 Å².